The Labute approximate surface area is 219 Å². The van der Waals surface area contributed by atoms with E-state index < -0.39 is 17.0 Å². The first-order valence-electron chi connectivity index (χ1n) is 13.1. The van der Waals surface area contributed by atoms with Crippen LogP contribution in [0.5, 0.6) is 0 Å². The molecule has 3 aromatic carbocycles. The number of piperidine rings is 1. The predicted molar refractivity (Wildman–Crippen MR) is 143 cm³/mol. The molecule has 5 nitrogen and oxygen atoms in total. The quantitative estimate of drug-likeness (QED) is 0.421. The number of hydrogen-bond donors (Lipinski definition) is 1. The Hall–Kier alpha value is -3.28. The van der Waals surface area contributed by atoms with Gasteiger partial charge in [0, 0.05) is 17.4 Å². The third-order valence-electron chi connectivity index (χ3n) is 7.92. The van der Waals surface area contributed by atoms with E-state index in [1.807, 2.05) is 60.7 Å². The van der Waals surface area contributed by atoms with Crippen LogP contribution in [-0.2, 0) is 15.8 Å². The van der Waals surface area contributed by atoms with E-state index in [9.17, 15) is 19.8 Å². The molecule has 5 heteroatoms. The van der Waals surface area contributed by atoms with Crippen molar-refractivity contribution in [1.82, 2.24) is 4.90 Å². The number of aliphatic carboxylic acids is 1. The first-order valence-corrected chi connectivity index (χ1v) is 13.1. The van der Waals surface area contributed by atoms with Gasteiger partial charge in [-0.3, -0.25) is 4.79 Å². The molecule has 1 aliphatic rings. The molecule has 0 atom stereocenters. The van der Waals surface area contributed by atoms with Crippen molar-refractivity contribution in [1.29, 1.82) is 0 Å². The molecule has 0 amide bonds. The van der Waals surface area contributed by atoms with Gasteiger partial charge < -0.3 is 19.9 Å². The molecule has 0 radical (unpaired) electrons. The van der Waals surface area contributed by atoms with Crippen LogP contribution in [0.25, 0.3) is 0 Å². The number of carboxylic acid groups (broad SMARTS) is 1. The second-order valence-electron chi connectivity index (χ2n) is 10.6. The van der Waals surface area contributed by atoms with Crippen LogP contribution in [-0.4, -0.2) is 41.4 Å². The van der Waals surface area contributed by atoms with Crippen molar-refractivity contribution < 1.29 is 19.8 Å². The summed E-state index contributed by atoms with van der Waals surface area (Å²) in [5.41, 5.74) is 0.965. The second-order valence-corrected chi connectivity index (χ2v) is 10.6. The summed E-state index contributed by atoms with van der Waals surface area (Å²) >= 11 is 0. The molecular formula is C32H36NO4-. The van der Waals surface area contributed by atoms with Gasteiger partial charge in [0.05, 0.1) is 5.97 Å². The van der Waals surface area contributed by atoms with Crippen LogP contribution in [0.15, 0.2) is 84.9 Å². The summed E-state index contributed by atoms with van der Waals surface area (Å²) in [4.78, 5) is 26.4. The topological polar surface area (TPSA) is 80.7 Å². The van der Waals surface area contributed by atoms with Crippen molar-refractivity contribution in [2.45, 2.75) is 50.5 Å². The largest absolute Gasteiger partial charge is 0.549 e. The molecule has 1 aliphatic heterocycles. The maximum Gasteiger partial charge on any atom is 0.162 e. The van der Waals surface area contributed by atoms with Gasteiger partial charge in [-0.05, 0) is 61.5 Å². The van der Waals surface area contributed by atoms with Crippen LogP contribution >= 0.6 is 0 Å². The zero-order valence-corrected chi connectivity index (χ0v) is 21.7. The number of carbonyl (C=O) groups excluding carboxylic acids is 2. The molecule has 37 heavy (non-hydrogen) atoms. The van der Waals surface area contributed by atoms with Gasteiger partial charge in [-0.25, -0.2) is 0 Å². The van der Waals surface area contributed by atoms with Crippen LogP contribution < -0.4 is 5.11 Å². The van der Waals surface area contributed by atoms with Crippen molar-refractivity contribution in [3.63, 3.8) is 0 Å². The maximum absolute atomic E-state index is 12.7. The van der Waals surface area contributed by atoms with Crippen LogP contribution in [0.3, 0.4) is 0 Å². The lowest BCUT2D eigenvalue weighted by Gasteiger charge is -2.42. The second kappa shape index (κ2) is 11.4. The van der Waals surface area contributed by atoms with E-state index >= 15 is 0 Å². The molecule has 1 fully saturated rings. The van der Waals surface area contributed by atoms with Crippen LogP contribution in [0.2, 0.25) is 0 Å². The Morgan fingerprint density at radius 1 is 0.838 bits per heavy atom. The van der Waals surface area contributed by atoms with Crippen molar-refractivity contribution in [3.05, 3.63) is 107 Å². The van der Waals surface area contributed by atoms with Gasteiger partial charge in [0.2, 0.25) is 0 Å². The number of nitrogens with zero attached hydrogens (tertiary/aromatic N) is 1. The molecule has 0 aromatic heterocycles. The highest BCUT2D eigenvalue weighted by Gasteiger charge is 2.41. The molecule has 0 saturated carbocycles. The molecular weight excluding hydrogens is 462 g/mol. The van der Waals surface area contributed by atoms with Crippen molar-refractivity contribution in [3.8, 4) is 0 Å². The lowest BCUT2D eigenvalue weighted by Crippen LogP contribution is -2.44. The third-order valence-corrected chi connectivity index (χ3v) is 7.92. The lowest BCUT2D eigenvalue weighted by atomic mass is 9.72. The molecule has 4 rings (SSSR count). The number of Topliss-reactive ketones (excluding diaryl/α,β-unsaturated/α-hetero) is 1. The van der Waals surface area contributed by atoms with E-state index in [1.54, 1.807) is 38.1 Å². The number of carboxylic acids is 1. The van der Waals surface area contributed by atoms with Gasteiger partial charge in [-0.15, -0.1) is 0 Å². The van der Waals surface area contributed by atoms with E-state index in [0.29, 0.717) is 17.5 Å². The molecule has 0 aliphatic carbocycles. The smallest absolute Gasteiger partial charge is 0.162 e. The van der Waals surface area contributed by atoms with Gasteiger partial charge in [0.15, 0.2) is 5.78 Å². The molecule has 1 heterocycles. The zero-order chi connectivity index (χ0) is 26.5. The Kier molecular flexibility index (Phi) is 8.25. The summed E-state index contributed by atoms with van der Waals surface area (Å²) in [7, 11) is 0. The van der Waals surface area contributed by atoms with Gasteiger partial charge in [0.25, 0.3) is 0 Å². The summed E-state index contributed by atoms with van der Waals surface area (Å²) in [6.45, 7) is 5.80. The van der Waals surface area contributed by atoms with E-state index in [0.717, 1.165) is 50.0 Å². The normalized spacial score (nSPS) is 15.4. The number of hydrogen-bond acceptors (Lipinski definition) is 5. The zero-order valence-electron chi connectivity index (χ0n) is 21.7. The average Bonchev–Trinajstić information content (AvgIpc) is 2.94. The molecule has 1 saturated heterocycles. The molecule has 1 N–H and O–H groups in total. The lowest BCUT2D eigenvalue weighted by molar-refractivity contribution is -0.312. The van der Waals surface area contributed by atoms with Crippen LogP contribution in [0, 0.1) is 5.92 Å². The minimum absolute atomic E-state index is 0.0650. The molecule has 0 bridgehead atoms. The van der Waals surface area contributed by atoms with Gasteiger partial charge >= 0.3 is 0 Å². The molecule has 3 aromatic rings. The van der Waals surface area contributed by atoms with E-state index in [1.165, 1.54) is 0 Å². The van der Waals surface area contributed by atoms with Crippen LogP contribution in [0.4, 0.5) is 0 Å². The SMILES string of the molecule is CC(C)(C(=O)[O-])c1ccc(C(=O)CCCN2CCC(C(O)(c3ccccc3)c3ccccc3)CC2)cc1. The van der Waals surface area contributed by atoms with Gasteiger partial charge in [0.1, 0.15) is 5.60 Å². The minimum atomic E-state index is -1.14. The summed E-state index contributed by atoms with van der Waals surface area (Å²) < 4.78 is 0. The highest BCUT2D eigenvalue weighted by atomic mass is 16.4. The van der Waals surface area contributed by atoms with Gasteiger partial charge in [-0.1, -0.05) is 98.8 Å². The van der Waals surface area contributed by atoms with Crippen molar-refractivity contribution >= 4 is 11.8 Å². The monoisotopic (exact) mass is 498 g/mol. The number of rotatable bonds is 10. The maximum atomic E-state index is 12.7. The summed E-state index contributed by atoms with van der Waals surface area (Å²) in [5, 5.41) is 23.4. The first kappa shape index (κ1) is 26.8. The van der Waals surface area contributed by atoms with E-state index in [-0.39, 0.29) is 11.7 Å². The first-order chi connectivity index (χ1) is 17.7. The highest BCUT2D eigenvalue weighted by molar-refractivity contribution is 5.96. The van der Waals surface area contributed by atoms with E-state index in [2.05, 4.69) is 4.90 Å². The summed E-state index contributed by atoms with van der Waals surface area (Å²) in [5.74, 6) is -0.963. The number of carbonyl (C=O) groups is 2. The third kappa shape index (κ3) is 5.84. The average molecular weight is 499 g/mol. The highest BCUT2D eigenvalue weighted by Crippen LogP contribution is 2.41. The fraction of sp³-hybridized carbons (Fsp3) is 0.375. The van der Waals surface area contributed by atoms with E-state index in [4.69, 9.17) is 0 Å². The number of benzene rings is 3. The Morgan fingerprint density at radius 2 is 1.35 bits per heavy atom. The number of aliphatic hydroxyl groups is 1. The number of ketones is 1. The fourth-order valence-electron chi connectivity index (χ4n) is 5.40. The van der Waals surface area contributed by atoms with Gasteiger partial charge in [-0.2, -0.15) is 0 Å². The van der Waals surface area contributed by atoms with Crippen molar-refractivity contribution in [2.75, 3.05) is 19.6 Å². The number of likely N-dealkylation sites (tertiary alicyclic amines) is 1. The Morgan fingerprint density at radius 3 is 1.84 bits per heavy atom. The Balaban J connectivity index is 1.32. The standard InChI is InChI=1S/C32H37NO4/c1-31(2,30(35)36)25-17-15-24(16-18-25)29(34)14-9-21-33-22-19-28(20-23-33)32(37,26-10-5-3-6-11-26)27-12-7-4-8-13-27/h3-8,10-13,15-18,28,37H,9,14,19-23H2,1-2H3,(H,35,36)/p-1. The molecule has 194 valence electrons. The Bertz CT molecular complexity index is 1140. The predicted octanol–water partition coefficient (Wildman–Crippen LogP) is 4.33. The summed E-state index contributed by atoms with van der Waals surface area (Å²) in [6, 6.07) is 26.7. The summed E-state index contributed by atoms with van der Waals surface area (Å²) in [6.07, 6.45) is 2.96. The molecule has 0 unspecified atom stereocenters. The van der Waals surface area contributed by atoms with Crippen LogP contribution in [0.1, 0.15) is 66.6 Å². The van der Waals surface area contributed by atoms with Crippen molar-refractivity contribution in [2.24, 2.45) is 5.92 Å². The fourth-order valence-corrected chi connectivity index (χ4v) is 5.40. The minimum Gasteiger partial charge on any atom is -0.549 e. The molecule has 0 spiro atoms.